The van der Waals surface area contributed by atoms with E-state index in [4.69, 9.17) is 23.2 Å². The van der Waals surface area contributed by atoms with Crippen molar-refractivity contribution in [2.24, 2.45) is 0 Å². The smallest absolute Gasteiger partial charge is 0.0979 e. The molecule has 0 amide bonds. The first kappa shape index (κ1) is 14.9. The molecule has 2 aromatic carbocycles. The van der Waals surface area contributed by atoms with Gasteiger partial charge in [-0.1, -0.05) is 57.3 Å². The fourth-order valence-corrected chi connectivity index (χ4v) is 2.58. The maximum absolute atomic E-state index is 10.3. The van der Waals surface area contributed by atoms with E-state index in [0.717, 1.165) is 11.1 Å². The molecule has 0 saturated carbocycles. The van der Waals surface area contributed by atoms with Crippen LogP contribution in [0.15, 0.2) is 42.5 Å². The van der Waals surface area contributed by atoms with Crippen molar-refractivity contribution in [2.75, 3.05) is 5.33 Å². The van der Waals surface area contributed by atoms with Crippen molar-refractivity contribution >= 4 is 39.1 Å². The van der Waals surface area contributed by atoms with Crippen LogP contribution in [0, 0.1) is 0 Å². The second kappa shape index (κ2) is 5.84. The van der Waals surface area contributed by atoms with E-state index in [9.17, 15) is 5.11 Å². The van der Waals surface area contributed by atoms with Gasteiger partial charge in [0.15, 0.2) is 0 Å². The molecule has 0 aromatic heterocycles. The average molecular weight is 360 g/mol. The Balaban J connectivity index is 2.50. The molecule has 0 spiro atoms. The number of halogens is 3. The Morgan fingerprint density at radius 1 is 1.05 bits per heavy atom. The minimum absolute atomic E-state index is 0.420. The SMILES string of the molecule is CC(O)(CBr)c1cc(-c2ccc(Cl)cc2)ccc1Cl. The van der Waals surface area contributed by atoms with Crippen molar-refractivity contribution in [3.8, 4) is 11.1 Å². The van der Waals surface area contributed by atoms with Crippen LogP contribution in [0.1, 0.15) is 12.5 Å². The van der Waals surface area contributed by atoms with Crippen LogP contribution in [0.2, 0.25) is 10.0 Å². The van der Waals surface area contributed by atoms with E-state index in [1.54, 1.807) is 13.0 Å². The Bertz CT molecular complexity index is 579. The van der Waals surface area contributed by atoms with Crippen molar-refractivity contribution in [1.82, 2.24) is 0 Å². The van der Waals surface area contributed by atoms with Gasteiger partial charge in [0.25, 0.3) is 0 Å². The molecule has 0 aliphatic carbocycles. The van der Waals surface area contributed by atoms with Gasteiger partial charge in [-0.3, -0.25) is 0 Å². The summed E-state index contributed by atoms with van der Waals surface area (Å²) in [6.07, 6.45) is 0. The van der Waals surface area contributed by atoms with Crippen LogP contribution in [0.25, 0.3) is 11.1 Å². The van der Waals surface area contributed by atoms with Crippen molar-refractivity contribution in [1.29, 1.82) is 0 Å². The molecule has 2 rings (SSSR count). The van der Waals surface area contributed by atoms with Crippen LogP contribution in [-0.4, -0.2) is 10.4 Å². The van der Waals surface area contributed by atoms with Gasteiger partial charge in [-0.15, -0.1) is 0 Å². The Labute approximate surface area is 131 Å². The van der Waals surface area contributed by atoms with E-state index in [2.05, 4.69) is 15.9 Å². The first-order valence-electron chi connectivity index (χ1n) is 5.78. The van der Waals surface area contributed by atoms with Crippen LogP contribution in [0.4, 0.5) is 0 Å². The molecule has 19 heavy (non-hydrogen) atoms. The van der Waals surface area contributed by atoms with E-state index >= 15 is 0 Å². The second-order valence-corrected chi connectivity index (χ2v) is 6.01. The summed E-state index contributed by atoms with van der Waals surface area (Å²) in [6, 6.07) is 13.2. The fourth-order valence-electron chi connectivity index (χ4n) is 1.83. The number of hydrogen-bond acceptors (Lipinski definition) is 1. The molecule has 1 N–H and O–H groups in total. The molecule has 1 unspecified atom stereocenters. The van der Waals surface area contributed by atoms with Crippen LogP contribution in [-0.2, 0) is 5.60 Å². The topological polar surface area (TPSA) is 20.2 Å². The van der Waals surface area contributed by atoms with Gasteiger partial charge in [0.05, 0.1) is 5.60 Å². The van der Waals surface area contributed by atoms with E-state index in [0.29, 0.717) is 20.9 Å². The van der Waals surface area contributed by atoms with Crippen LogP contribution >= 0.6 is 39.1 Å². The molecule has 0 radical (unpaired) electrons. The third-order valence-electron chi connectivity index (χ3n) is 2.98. The minimum atomic E-state index is -1.00. The Hall–Kier alpha value is -0.540. The quantitative estimate of drug-likeness (QED) is 0.740. The Kier molecular flexibility index (Phi) is 4.57. The highest BCUT2D eigenvalue weighted by Crippen LogP contribution is 2.33. The molecule has 0 bridgehead atoms. The summed E-state index contributed by atoms with van der Waals surface area (Å²) in [7, 11) is 0. The summed E-state index contributed by atoms with van der Waals surface area (Å²) >= 11 is 15.4. The largest absolute Gasteiger partial charge is 0.385 e. The third-order valence-corrected chi connectivity index (χ3v) is 4.66. The van der Waals surface area contributed by atoms with Gasteiger partial charge in [0, 0.05) is 20.9 Å². The summed E-state index contributed by atoms with van der Waals surface area (Å²) in [6.45, 7) is 1.73. The standard InChI is InChI=1S/C15H13BrCl2O/c1-15(19,9-16)13-8-11(4-7-14(13)18)10-2-5-12(17)6-3-10/h2-8,19H,9H2,1H3. The van der Waals surface area contributed by atoms with Gasteiger partial charge >= 0.3 is 0 Å². The lowest BCUT2D eigenvalue weighted by atomic mass is 9.94. The lowest BCUT2D eigenvalue weighted by Crippen LogP contribution is -2.23. The first-order chi connectivity index (χ1) is 8.94. The van der Waals surface area contributed by atoms with E-state index in [-0.39, 0.29) is 0 Å². The highest BCUT2D eigenvalue weighted by Gasteiger charge is 2.24. The zero-order chi connectivity index (χ0) is 14.0. The van der Waals surface area contributed by atoms with Gasteiger partial charge in [-0.05, 0) is 42.3 Å². The van der Waals surface area contributed by atoms with Crippen molar-refractivity contribution in [3.63, 3.8) is 0 Å². The molecular weight excluding hydrogens is 347 g/mol. The van der Waals surface area contributed by atoms with Gasteiger partial charge in [-0.2, -0.15) is 0 Å². The fraction of sp³-hybridized carbons (Fsp3) is 0.200. The number of aliphatic hydroxyl groups is 1. The maximum atomic E-state index is 10.3. The lowest BCUT2D eigenvalue weighted by molar-refractivity contribution is 0.0854. The summed E-state index contributed by atoms with van der Waals surface area (Å²) < 4.78 is 0. The van der Waals surface area contributed by atoms with Crippen molar-refractivity contribution in [2.45, 2.75) is 12.5 Å². The predicted molar refractivity (Wildman–Crippen MR) is 85.3 cm³/mol. The van der Waals surface area contributed by atoms with Gasteiger partial charge < -0.3 is 5.11 Å². The molecule has 0 fully saturated rings. The molecule has 4 heteroatoms. The van der Waals surface area contributed by atoms with Gasteiger partial charge in [0.1, 0.15) is 0 Å². The molecule has 1 atom stereocenters. The van der Waals surface area contributed by atoms with Crippen LogP contribution in [0.5, 0.6) is 0 Å². The van der Waals surface area contributed by atoms with Crippen LogP contribution in [0.3, 0.4) is 0 Å². The summed E-state index contributed by atoms with van der Waals surface area (Å²) in [5.74, 6) is 0. The summed E-state index contributed by atoms with van der Waals surface area (Å²) in [5, 5.41) is 12.0. The van der Waals surface area contributed by atoms with Gasteiger partial charge in [0.2, 0.25) is 0 Å². The van der Waals surface area contributed by atoms with E-state index in [1.165, 1.54) is 0 Å². The van der Waals surface area contributed by atoms with Crippen molar-refractivity contribution in [3.05, 3.63) is 58.1 Å². The van der Waals surface area contributed by atoms with Gasteiger partial charge in [-0.25, -0.2) is 0 Å². The molecular formula is C15H13BrCl2O. The zero-order valence-electron chi connectivity index (χ0n) is 10.3. The number of alkyl halides is 1. The predicted octanol–water partition coefficient (Wildman–Crippen LogP) is 5.26. The third kappa shape index (κ3) is 3.32. The van der Waals surface area contributed by atoms with Crippen LogP contribution < -0.4 is 0 Å². The van der Waals surface area contributed by atoms with Crippen molar-refractivity contribution < 1.29 is 5.11 Å². The maximum Gasteiger partial charge on any atom is 0.0979 e. The average Bonchev–Trinajstić information content (AvgIpc) is 2.40. The molecule has 2 aromatic rings. The highest BCUT2D eigenvalue weighted by atomic mass is 79.9. The summed E-state index contributed by atoms with van der Waals surface area (Å²) in [4.78, 5) is 0. The zero-order valence-corrected chi connectivity index (χ0v) is 13.4. The monoisotopic (exact) mass is 358 g/mol. The molecule has 100 valence electrons. The number of hydrogen-bond donors (Lipinski definition) is 1. The molecule has 0 heterocycles. The second-order valence-electron chi connectivity index (χ2n) is 4.61. The Morgan fingerprint density at radius 2 is 1.63 bits per heavy atom. The number of benzene rings is 2. The lowest BCUT2D eigenvalue weighted by Gasteiger charge is -2.23. The molecule has 0 aliphatic heterocycles. The highest BCUT2D eigenvalue weighted by molar-refractivity contribution is 9.09. The van der Waals surface area contributed by atoms with E-state index in [1.807, 2.05) is 36.4 Å². The number of rotatable bonds is 3. The molecule has 0 aliphatic rings. The molecule has 1 nitrogen and oxygen atoms in total. The minimum Gasteiger partial charge on any atom is -0.385 e. The summed E-state index contributed by atoms with van der Waals surface area (Å²) in [5.41, 5.74) is 1.74. The van der Waals surface area contributed by atoms with E-state index < -0.39 is 5.60 Å². The Morgan fingerprint density at radius 3 is 2.21 bits per heavy atom. The first-order valence-corrected chi connectivity index (χ1v) is 7.66. The normalized spacial score (nSPS) is 14.2. The molecule has 0 saturated heterocycles.